The van der Waals surface area contributed by atoms with E-state index < -0.39 is 0 Å². The van der Waals surface area contributed by atoms with E-state index in [1.54, 1.807) is 6.20 Å². The Balaban J connectivity index is 1.39. The highest BCUT2D eigenvalue weighted by Gasteiger charge is 2.25. The fraction of sp³-hybridized carbons (Fsp3) is 0.240. The molecule has 2 heterocycles. The number of aryl methyl sites for hydroxylation is 1. The van der Waals surface area contributed by atoms with Gasteiger partial charge in [0.15, 0.2) is 0 Å². The molecule has 4 aromatic rings. The second-order valence-electron chi connectivity index (χ2n) is 7.74. The number of hydrogen-bond acceptors (Lipinski definition) is 4. The Kier molecular flexibility index (Phi) is 5.12. The number of nitrogens with one attached hydrogen (secondary N) is 1. The molecule has 156 valence electrons. The smallest absolute Gasteiger partial charge is 0.251 e. The van der Waals surface area contributed by atoms with Crippen LogP contribution in [0.1, 0.15) is 47.4 Å². The summed E-state index contributed by atoms with van der Waals surface area (Å²) < 4.78 is 7.37. The molecule has 0 saturated heterocycles. The van der Waals surface area contributed by atoms with E-state index in [1.165, 1.54) is 0 Å². The number of carbonyl (C=O) groups is 1. The number of rotatable bonds is 5. The third-order valence-electron chi connectivity index (χ3n) is 5.70. The lowest BCUT2D eigenvalue weighted by atomic mass is 9.93. The maximum Gasteiger partial charge on any atom is 0.251 e. The molecule has 0 unspecified atom stereocenters. The fourth-order valence-corrected chi connectivity index (χ4v) is 4.16. The molecule has 2 aromatic heterocycles. The number of aromatic nitrogens is 3. The van der Waals surface area contributed by atoms with Crippen molar-refractivity contribution in [3.05, 3.63) is 83.8 Å². The van der Waals surface area contributed by atoms with Crippen LogP contribution >= 0.6 is 0 Å². The normalized spacial score (nSPS) is 15.5. The topological polar surface area (TPSA) is 69.0 Å². The molecule has 0 spiro atoms. The molecule has 1 aliphatic carbocycles. The first-order valence-corrected chi connectivity index (χ1v) is 10.7. The summed E-state index contributed by atoms with van der Waals surface area (Å²) in [5.74, 6) is 0.522. The van der Waals surface area contributed by atoms with Gasteiger partial charge in [0.05, 0.1) is 24.0 Å². The van der Waals surface area contributed by atoms with E-state index in [1.807, 2.05) is 66.3 Å². The quantitative estimate of drug-likeness (QED) is 0.519. The van der Waals surface area contributed by atoms with E-state index in [-0.39, 0.29) is 11.9 Å². The first-order valence-electron chi connectivity index (χ1n) is 10.7. The summed E-state index contributed by atoms with van der Waals surface area (Å²) in [5.41, 5.74) is 3.68. The van der Waals surface area contributed by atoms with E-state index >= 15 is 0 Å². The number of amides is 1. The van der Waals surface area contributed by atoms with Gasteiger partial charge in [0.25, 0.3) is 5.91 Å². The molecular weight excluding hydrogens is 388 g/mol. The van der Waals surface area contributed by atoms with Crippen molar-refractivity contribution < 1.29 is 9.53 Å². The highest BCUT2D eigenvalue weighted by Crippen LogP contribution is 2.30. The highest BCUT2D eigenvalue weighted by atomic mass is 16.5. The lowest BCUT2D eigenvalue weighted by Gasteiger charge is -2.22. The van der Waals surface area contributed by atoms with Gasteiger partial charge in [0, 0.05) is 29.6 Å². The molecule has 6 nitrogen and oxygen atoms in total. The predicted octanol–water partition coefficient (Wildman–Crippen LogP) is 4.63. The lowest BCUT2D eigenvalue weighted by molar-refractivity contribution is 0.0933. The van der Waals surface area contributed by atoms with Gasteiger partial charge in [0.2, 0.25) is 5.88 Å². The minimum Gasteiger partial charge on any atom is -0.478 e. The number of hydrogen-bond donors (Lipinski definition) is 1. The Morgan fingerprint density at radius 2 is 2.03 bits per heavy atom. The Bertz CT molecular complexity index is 1250. The van der Waals surface area contributed by atoms with Gasteiger partial charge < -0.3 is 10.1 Å². The van der Waals surface area contributed by atoms with Crippen LogP contribution in [0, 0.1) is 0 Å². The Morgan fingerprint density at radius 3 is 2.90 bits per heavy atom. The van der Waals surface area contributed by atoms with E-state index in [0.717, 1.165) is 47.0 Å². The van der Waals surface area contributed by atoms with Gasteiger partial charge in [0.1, 0.15) is 0 Å². The summed E-state index contributed by atoms with van der Waals surface area (Å²) in [6, 6.07) is 17.6. The van der Waals surface area contributed by atoms with Crippen molar-refractivity contribution in [3.63, 3.8) is 0 Å². The van der Waals surface area contributed by atoms with Crippen LogP contribution < -0.4 is 10.1 Å². The SMILES string of the molecule is CCOc1cc(-n2cc3c(n2)CCC[C@H]3NC(=O)c2ccc3ccccc3c2)ccn1. The zero-order chi connectivity index (χ0) is 21.2. The molecule has 0 fully saturated rings. The van der Waals surface area contributed by atoms with Crippen LogP contribution in [0.3, 0.4) is 0 Å². The van der Waals surface area contributed by atoms with Crippen LogP contribution in [-0.4, -0.2) is 27.3 Å². The molecule has 1 aliphatic rings. The van der Waals surface area contributed by atoms with Crippen molar-refractivity contribution in [1.82, 2.24) is 20.1 Å². The monoisotopic (exact) mass is 412 g/mol. The average molecular weight is 412 g/mol. The molecule has 1 atom stereocenters. The maximum absolute atomic E-state index is 13.0. The zero-order valence-corrected chi connectivity index (χ0v) is 17.4. The number of nitrogens with zero attached hydrogens (tertiary/aromatic N) is 3. The minimum atomic E-state index is -0.0566. The molecule has 5 rings (SSSR count). The Morgan fingerprint density at radius 1 is 1.16 bits per heavy atom. The number of fused-ring (bicyclic) bond motifs is 2. The summed E-state index contributed by atoms with van der Waals surface area (Å²) in [7, 11) is 0. The predicted molar refractivity (Wildman–Crippen MR) is 120 cm³/mol. The maximum atomic E-state index is 13.0. The van der Waals surface area contributed by atoms with Crippen molar-refractivity contribution in [2.75, 3.05) is 6.61 Å². The Hall–Kier alpha value is -3.67. The van der Waals surface area contributed by atoms with Crippen molar-refractivity contribution in [1.29, 1.82) is 0 Å². The lowest BCUT2D eigenvalue weighted by Crippen LogP contribution is -2.30. The molecule has 6 heteroatoms. The zero-order valence-electron chi connectivity index (χ0n) is 17.4. The van der Waals surface area contributed by atoms with Crippen molar-refractivity contribution in [2.24, 2.45) is 0 Å². The van der Waals surface area contributed by atoms with Gasteiger partial charge in [-0.05, 0) is 55.2 Å². The van der Waals surface area contributed by atoms with Crippen molar-refractivity contribution in [3.8, 4) is 11.6 Å². The summed E-state index contributed by atoms with van der Waals surface area (Å²) in [6.07, 6.45) is 6.55. The van der Waals surface area contributed by atoms with Crippen LogP contribution in [0.15, 0.2) is 67.0 Å². The number of pyridine rings is 1. The third-order valence-corrected chi connectivity index (χ3v) is 5.70. The summed E-state index contributed by atoms with van der Waals surface area (Å²) in [5, 5.41) is 10.2. The van der Waals surface area contributed by atoms with Crippen LogP contribution in [0.5, 0.6) is 5.88 Å². The largest absolute Gasteiger partial charge is 0.478 e. The van der Waals surface area contributed by atoms with Crippen LogP contribution in [0.25, 0.3) is 16.5 Å². The molecule has 0 bridgehead atoms. The van der Waals surface area contributed by atoms with Gasteiger partial charge >= 0.3 is 0 Å². The average Bonchev–Trinajstić information content (AvgIpc) is 3.25. The molecule has 1 N–H and O–H groups in total. The minimum absolute atomic E-state index is 0.0512. The number of ether oxygens (including phenoxy) is 1. The first-order chi connectivity index (χ1) is 15.2. The molecule has 0 radical (unpaired) electrons. The summed E-state index contributed by atoms with van der Waals surface area (Å²) in [4.78, 5) is 17.2. The van der Waals surface area contributed by atoms with Crippen molar-refractivity contribution >= 4 is 16.7 Å². The van der Waals surface area contributed by atoms with Gasteiger partial charge in [-0.25, -0.2) is 9.67 Å². The highest BCUT2D eigenvalue weighted by molar-refractivity contribution is 5.98. The van der Waals surface area contributed by atoms with Crippen LogP contribution in [0.4, 0.5) is 0 Å². The van der Waals surface area contributed by atoms with E-state index in [2.05, 4.69) is 16.4 Å². The third kappa shape index (κ3) is 3.89. The Labute approximate surface area is 180 Å². The summed E-state index contributed by atoms with van der Waals surface area (Å²) >= 11 is 0. The standard InChI is InChI=1S/C25H24N4O2/c1-2-31-24-15-20(12-13-26-24)29-16-21-22(8-5-9-23(21)28-29)27-25(30)19-11-10-17-6-3-4-7-18(17)14-19/h3-4,6-7,10-16,22H,2,5,8-9H2,1H3,(H,27,30)/t22-/m1/s1. The molecule has 0 aliphatic heterocycles. The van der Waals surface area contributed by atoms with Gasteiger partial charge in [-0.2, -0.15) is 5.10 Å². The molecule has 2 aromatic carbocycles. The molecule has 31 heavy (non-hydrogen) atoms. The van der Waals surface area contributed by atoms with E-state index in [0.29, 0.717) is 18.1 Å². The summed E-state index contributed by atoms with van der Waals surface area (Å²) in [6.45, 7) is 2.50. The molecule has 1 amide bonds. The fourth-order valence-electron chi connectivity index (χ4n) is 4.16. The second kappa shape index (κ2) is 8.22. The van der Waals surface area contributed by atoms with Gasteiger partial charge in [-0.1, -0.05) is 30.3 Å². The number of benzene rings is 2. The van der Waals surface area contributed by atoms with E-state index in [4.69, 9.17) is 9.84 Å². The molecule has 0 saturated carbocycles. The van der Waals surface area contributed by atoms with Crippen LogP contribution in [-0.2, 0) is 6.42 Å². The number of carbonyl (C=O) groups excluding carboxylic acids is 1. The van der Waals surface area contributed by atoms with Crippen molar-refractivity contribution in [2.45, 2.75) is 32.2 Å². The van der Waals surface area contributed by atoms with Gasteiger partial charge in [-0.15, -0.1) is 0 Å². The van der Waals surface area contributed by atoms with Crippen LogP contribution in [0.2, 0.25) is 0 Å². The van der Waals surface area contributed by atoms with E-state index in [9.17, 15) is 4.79 Å². The second-order valence-corrected chi connectivity index (χ2v) is 7.74. The molecular formula is C25H24N4O2. The first kappa shape index (κ1) is 19.3. The van der Waals surface area contributed by atoms with Gasteiger partial charge in [-0.3, -0.25) is 4.79 Å².